The van der Waals surface area contributed by atoms with Crippen molar-refractivity contribution in [3.63, 3.8) is 0 Å². The lowest BCUT2D eigenvalue weighted by molar-refractivity contribution is 0.632. The highest BCUT2D eigenvalue weighted by Gasteiger charge is 2.09. The summed E-state index contributed by atoms with van der Waals surface area (Å²) in [5, 5.41) is 0.928. The summed E-state index contributed by atoms with van der Waals surface area (Å²) in [6, 6.07) is 17.4. The van der Waals surface area contributed by atoms with Crippen LogP contribution in [0.5, 0.6) is 0 Å². The van der Waals surface area contributed by atoms with Crippen molar-refractivity contribution in [3.05, 3.63) is 54.6 Å². The standard InChI is InChI=1S/C16H15N5O/c17-15(18)21-16(19)20-12-8-4-7-11-9-13(22-14(11)12)10-5-2-1-3-6-10/h1-9H,(H6,17,18,19,20,21). The van der Waals surface area contributed by atoms with Crippen molar-refractivity contribution in [1.29, 1.82) is 0 Å². The molecule has 0 amide bonds. The summed E-state index contributed by atoms with van der Waals surface area (Å²) >= 11 is 0. The van der Waals surface area contributed by atoms with E-state index in [1.54, 1.807) is 6.07 Å². The Balaban J connectivity index is 2.10. The van der Waals surface area contributed by atoms with E-state index in [4.69, 9.17) is 21.6 Å². The maximum absolute atomic E-state index is 5.92. The largest absolute Gasteiger partial charge is 0.454 e. The van der Waals surface area contributed by atoms with Crippen LogP contribution in [0.2, 0.25) is 0 Å². The molecule has 0 saturated heterocycles. The third kappa shape index (κ3) is 2.76. The molecule has 0 unspecified atom stereocenters. The maximum Gasteiger partial charge on any atom is 0.223 e. The Morgan fingerprint density at radius 2 is 1.68 bits per heavy atom. The number of aliphatic imine (C=N–C) groups is 2. The Labute approximate surface area is 127 Å². The molecule has 1 heterocycles. The first-order valence-electron chi connectivity index (χ1n) is 6.65. The molecule has 110 valence electrons. The van der Waals surface area contributed by atoms with E-state index in [0.29, 0.717) is 11.3 Å². The summed E-state index contributed by atoms with van der Waals surface area (Å²) in [6.45, 7) is 0. The minimum atomic E-state index is -0.141. The number of fused-ring (bicyclic) bond motifs is 1. The quantitative estimate of drug-likeness (QED) is 0.496. The van der Waals surface area contributed by atoms with E-state index in [1.165, 1.54) is 0 Å². The van der Waals surface area contributed by atoms with E-state index in [2.05, 4.69) is 9.98 Å². The second kappa shape index (κ2) is 5.61. The van der Waals surface area contributed by atoms with Gasteiger partial charge in [-0.2, -0.15) is 4.99 Å². The molecule has 0 atom stereocenters. The van der Waals surface area contributed by atoms with E-state index in [9.17, 15) is 0 Å². The van der Waals surface area contributed by atoms with Crippen molar-refractivity contribution in [2.45, 2.75) is 0 Å². The number of furan rings is 1. The highest BCUT2D eigenvalue weighted by atomic mass is 16.3. The van der Waals surface area contributed by atoms with Crippen LogP contribution < -0.4 is 17.2 Å². The minimum absolute atomic E-state index is 0.0230. The summed E-state index contributed by atoms with van der Waals surface area (Å²) < 4.78 is 5.92. The van der Waals surface area contributed by atoms with Gasteiger partial charge in [-0.15, -0.1) is 0 Å². The fourth-order valence-electron chi connectivity index (χ4n) is 2.16. The fourth-order valence-corrected chi connectivity index (χ4v) is 2.16. The van der Waals surface area contributed by atoms with Crippen molar-refractivity contribution < 1.29 is 4.42 Å². The molecule has 3 aromatic rings. The lowest BCUT2D eigenvalue weighted by Crippen LogP contribution is -2.26. The predicted molar refractivity (Wildman–Crippen MR) is 88.7 cm³/mol. The third-order valence-electron chi connectivity index (χ3n) is 3.06. The van der Waals surface area contributed by atoms with Crippen LogP contribution in [0.15, 0.2) is 69.0 Å². The third-order valence-corrected chi connectivity index (χ3v) is 3.06. The molecule has 6 heteroatoms. The van der Waals surface area contributed by atoms with Crippen LogP contribution in [0.1, 0.15) is 0 Å². The van der Waals surface area contributed by atoms with Crippen LogP contribution in [0.25, 0.3) is 22.3 Å². The molecule has 22 heavy (non-hydrogen) atoms. The van der Waals surface area contributed by atoms with Gasteiger partial charge in [0.05, 0.1) is 0 Å². The number of benzene rings is 2. The van der Waals surface area contributed by atoms with Gasteiger partial charge in [-0.1, -0.05) is 42.5 Å². The highest BCUT2D eigenvalue weighted by molar-refractivity contribution is 5.97. The maximum atomic E-state index is 5.92. The molecule has 0 aliphatic rings. The molecule has 2 aromatic carbocycles. The zero-order valence-electron chi connectivity index (χ0n) is 11.7. The lowest BCUT2D eigenvalue weighted by Gasteiger charge is -1.98. The Kier molecular flexibility index (Phi) is 3.49. The van der Waals surface area contributed by atoms with E-state index in [-0.39, 0.29) is 11.9 Å². The predicted octanol–water partition coefficient (Wildman–Crippen LogP) is 2.32. The molecule has 0 fully saturated rings. The first-order valence-corrected chi connectivity index (χ1v) is 6.65. The molecule has 3 rings (SSSR count). The SMILES string of the molecule is NC(N)=NC(N)=Nc1cccc2cc(-c3ccccc3)oc12. The van der Waals surface area contributed by atoms with Gasteiger partial charge in [-0.25, -0.2) is 4.99 Å². The average Bonchev–Trinajstić information content (AvgIpc) is 2.92. The Hall–Kier alpha value is -3.28. The van der Waals surface area contributed by atoms with Crippen LogP contribution in [0, 0.1) is 0 Å². The number of rotatable bonds is 2. The Morgan fingerprint density at radius 1 is 0.909 bits per heavy atom. The van der Waals surface area contributed by atoms with Crippen molar-refractivity contribution >= 4 is 28.6 Å². The summed E-state index contributed by atoms with van der Waals surface area (Å²) in [5.74, 6) is 0.599. The van der Waals surface area contributed by atoms with Gasteiger partial charge in [0, 0.05) is 10.9 Å². The van der Waals surface area contributed by atoms with Gasteiger partial charge in [0.1, 0.15) is 11.4 Å². The van der Waals surface area contributed by atoms with Gasteiger partial charge in [0.15, 0.2) is 11.5 Å². The van der Waals surface area contributed by atoms with E-state index in [0.717, 1.165) is 16.7 Å². The second-order valence-electron chi connectivity index (χ2n) is 4.68. The topological polar surface area (TPSA) is 116 Å². The molecular formula is C16H15N5O. The van der Waals surface area contributed by atoms with Gasteiger partial charge in [0.25, 0.3) is 0 Å². The average molecular weight is 293 g/mol. The van der Waals surface area contributed by atoms with Crippen molar-refractivity contribution in [3.8, 4) is 11.3 Å². The molecule has 0 aliphatic carbocycles. The molecular weight excluding hydrogens is 278 g/mol. The number of nitrogens with zero attached hydrogens (tertiary/aromatic N) is 2. The first-order chi connectivity index (χ1) is 10.6. The highest BCUT2D eigenvalue weighted by Crippen LogP contribution is 2.33. The monoisotopic (exact) mass is 293 g/mol. The van der Waals surface area contributed by atoms with Gasteiger partial charge < -0.3 is 21.6 Å². The van der Waals surface area contributed by atoms with Crippen LogP contribution in [-0.2, 0) is 0 Å². The van der Waals surface area contributed by atoms with Crippen LogP contribution in [-0.4, -0.2) is 11.9 Å². The van der Waals surface area contributed by atoms with Crippen LogP contribution in [0.4, 0.5) is 5.69 Å². The fraction of sp³-hybridized carbons (Fsp3) is 0. The number of nitrogens with two attached hydrogens (primary N) is 3. The van der Waals surface area contributed by atoms with Crippen molar-refractivity contribution in [2.75, 3.05) is 0 Å². The van der Waals surface area contributed by atoms with Gasteiger partial charge in [-0.05, 0) is 12.1 Å². The summed E-state index contributed by atoms with van der Waals surface area (Å²) in [4.78, 5) is 7.89. The number of hydrogen-bond acceptors (Lipinski definition) is 2. The molecule has 6 nitrogen and oxygen atoms in total. The summed E-state index contributed by atoms with van der Waals surface area (Å²) in [7, 11) is 0. The molecule has 0 radical (unpaired) electrons. The first kappa shape index (κ1) is 13.7. The molecule has 0 aliphatic heterocycles. The van der Waals surface area contributed by atoms with E-state index >= 15 is 0 Å². The van der Waals surface area contributed by atoms with Gasteiger partial charge in [0.2, 0.25) is 5.96 Å². The number of guanidine groups is 2. The second-order valence-corrected chi connectivity index (χ2v) is 4.68. The Bertz CT molecular complexity index is 861. The lowest BCUT2D eigenvalue weighted by atomic mass is 10.1. The molecule has 0 spiro atoms. The zero-order valence-corrected chi connectivity index (χ0v) is 11.7. The zero-order chi connectivity index (χ0) is 15.5. The van der Waals surface area contributed by atoms with Crippen molar-refractivity contribution in [2.24, 2.45) is 27.2 Å². The number of para-hydroxylation sites is 1. The summed E-state index contributed by atoms with van der Waals surface area (Å²) in [6.07, 6.45) is 0. The molecule has 0 bridgehead atoms. The van der Waals surface area contributed by atoms with E-state index in [1.807, 2.05) is 48.5 Å². The van der Waals surface area contributed by atoms with Gasteiger partial charge >= 0.3 is 0 Å². The number of hydrogen-bond donors (Lipinski definition) is 3. The minimum Gasteiger partial charge on any atom is -0.454 e. The molecule has 6 N–H and O–H groups in total. The summed E-state index contributed by atoms with van der Waals surface area (Å²) in [5.41, 5.74) is 18.4. The van der Waals surface area contributed by atoms with Gasteiger partial charge in [-0.3, -0.25) is 0 Å². The molecule has 0 saturated carbocycles. The Morgan fingerprint density at radius 3 is 2.41 bits per heavy atom. The van der Waals surface area contributed by atoms with Crippen molar-refractivity contribution in [1.82, 2.24) is 0 Å². The van der Waals surface area contributed by atoms with E-state index < -0.39 is 0 Å². The van der Waals surface area contributed by atoms with Crippen LogP contribution in [0.3, 0.4) is 0 Å². The van der Waals surface area contributed by atoms with Crippen LogP contribution >= 0.6 is 0 Å². The normalized spacial score (nSPS) is 11.5. The molecule has 1 aromatic heterocycles. The smallest absolute Gasteiger partial charge is 0.223 e.